The first kappa shape index (κ1) is 25.4. The molecule has 4 nitrogen and oxygen atoms in total. The highest BCUT2D eigenvalue weighted by atomic mass is 15.1. The first-order valence-corrected chi connectivity index (χ1v) is 16.8. The Bertz CT molecular complexity index is 3320. The first-order chi connectivity index (χ1) is 24.3. The molecule has 0 aliphatic rings. The zero-order valence-corrected chi connectivity index (χ0v) is 26.3. The van der Waals surface area contributed by atoms with Crippen LogP contribution in [-0.4, -0.2) is 18.5 Å². The third kappa shape index (κ3) is 3.16. The van der Waals surface area contributed by atoms with Gasteiger partial charge in [0, 0.05) is 48.8 Å². The van der Waals surface area contributed by atoms with Crippen molar-refractivity contribution in [1.82, 2.24) is 18.5 Å². The summed E-state index contributed by atoms with van der Waals surface area (Å²) in [6.45, 7) is 0. The van der Waals surface area contributed by atoms with Crippen LogP contribution >= 0.6 is 0 Å². The highest BCUT2D eigenvalue weighted by Gasteiger charge is 2.25. The Hall–Kier alpha value is -6.65. The zero-order chi connectivity index (χ0) is 31.8. The normalized spacial score (nSPS) is 12.5. The van der Waals surface area contributed by atoms with Crippen LogP contribution in [0.2, 0.25) is 0 Å². The van der Waals surface area contributed by atoms with E-state index in [0.717, 1.165) is 22.5 Å². The quantitative estimate of drug-likeness (QED) is 0.188. The van der Waals surface area contributed by atoms with Crippen LogP contribution in [0.15, 0.2) is 158 Å². The Kier molecular flexibility index (Phi) is 4.69. The van der Waals surface area contributed by atoms with Gasteiger partial charge in [0.25, 0.3) is 0 Å². The van der Waals surface area contributed by atoms with Crippen molar-refractivity contribution in [3.05, 3.63) is 158 Å². The standard InChI is InChI=1S/C45H26N4/c1-2-14-29(15-3-1)47-37-19-9-6-16-30(37)34-25-42(46-26-41(34)47)49-40-23-28-13-5-4-12-27(28)22-33(40)36-24-35-31-17-7-10-20-38(31)48-39-21-11-8-18-32(39)43(44(35)48)45(36)49/h1-26H. The van der Waals surface area contributed by atoms with E-state index in [1.54, 1.807) is 0 Å². The van der Waals surface area contributed by atoms with Crippen molar-refractivity contribution in [3.63, 3.8) is 0 Å². The Morgan fingerprint density at radius 1 is 0.367 bits per heavy atom. The molecule has 0 unspecified atom stereocenters. The average Bonchev–Trinajstić information content (AvgIpc) is 3.88. The van der Waals surface area contributed by atoms with Gasteiger partial charge in [0.1, 0.15) is 5.82 Å². The molecule has 0 bridgehead atoms. The molecule has 0 amide bonds. The Labute approximate surface area is 279 Å². The van der Waals surface area contributed by atoms with Gasteiger partial charge in [0.2, 0.25) is 0 Å². The Morgan fingerprint density at radius 3 is 1.76 bits per heavy atom. The number of hydrogen-bond donors (Lipinski definition) is 0. The minimum absolute atomic E-state index is 0.918. The fraction of sp³-hybridized carbons (Fsp3) is 0. The number of para-hydroxylation sites is 4. The summed E-state index contributed by atoms with van der Waals surface area (Å²) in [4.78, 5) is 5.32. The molecular weight excluding hydrogens is 597 g/mol. The molecule has 226 valence electrons. The molecule has 49 heavy (non-hydrogen) atoms. The van der Waals surface area contributed by atoms with Crippen LogP contribution < -0.4 is 0 Å². The summed E-state index contributed by atoms with van der Waals surface area (Å²) in [5, 5.41) is 12.4. The van der Waals surface area contributed by atoms with Gasteiger partial charge in [0.15, 0.2) is 0 Å². The van der Waals surface area contributed by atoms with E-state index in [4.69, 9.17) is 4.98 Å². The molecule has 0 radical (unpaired) electrons. The van der Waals surface area contributed by atoms with Gasteiger partial charge in [-0.2, -0.15) is 0 Å². The lowest BCUT2D eigenvalue weighted by Crippen LogP contribution is -1.99. The van der Waals surface area contributed by atoms with Gasteiger partial charge >= 0.3 is 0 Å². The van der Waals surface area contributed by atoms with Gasteiger partial charge in [0.05, 0.1) is 44.8 Å². The fourth-order valence-corrected chi connectivity index (χ4v) is 8.76. The maximum absolute atomic E-state index is 5.32. The molecule has 5 heterocycles. The van der Waals surface area contributed by atoms with E-state index in [1.807, 2.05) is 0 Å². The Morgan fingerprint density at radius 2 is 0.959 bits per heavy atom. The van der Waals surface area contributed by atoms with Crippen molar-refractivity contribution in [2.24, 2.45) is 0 Å². The van der Waals surface area contributed by atoms with Crippen LogP contribution in [0.25, 0.3) is 104 Å². The monoisotopic (exact) mass is 622 g/mol. The van der Waals surface area contributed by atoms with E-state index in [0.29, 0.717) is 0 Å². The van der Waals surface area contributed by atoms with Crippen LogP contribution in [0.1, 0.15) is 0 Å². The third-order valence-corrected chi connectivity index (χ3v) is 10.8. The SMILES string of the molecule is c1ccc(-n2c3ccccc3c3cc(-n4c5cc6ccccc6cc5c5cc6c7ccccc7n7c8ccccc8c(c54)c67)ncc32)cc1. The molecule has 0 saturated carbocycles. The lowest BCUT2D eigenvalue weighted by Gasteiger charge is -2.10. The highest BCUT2D eigenvalue weighted by molar-refractivity contribution is 6.34. The van der Waals surface area contributed by atoms with E-state index in [1.165, 1.54) is 81.4 Å². The van der Waals surface area contributed by atoms with Gasteiger partial charge in [-0.15, -0.1) is 0 Å². The average molecular weight is 623 g/mol. The molecule has 12 rings (SSSR count). The molecule has 12 aromatic rings. The van der Waals surface area contributed by atoms with Crippen molar-refractivity contribution < 1.29 is 0 Å². The minimum Gasteiger partial charge on any atom is -0.308 e. The van der Waals surface area contributed by atoms with Crippen molar-refractivity contribution in [3.8, 4) is 11.5 Å². The second-order valence-corrected chi connectivity index (χ2v) is 13.2. The molecule has 0 fully saturated rings. The summed E-state index contributed by atoms with van der Waals surface area (Å²) in [7, 11) is 0. The molecular formula is C45H26N4. The molecule has 0 N–H and O–H groups in total. The molecule has 0 aliphatic heterocycles. The molecule has 0 spiro atoms. The number of hydrogen-bond acceptors (Lipinski definition) is 1. The topological polar surface area (TPSA) is 27.2 Å². The lowest BCUT2D eigenvalue weighted by molar-refractivity contribution is 1.08. The van der Waals surface area contributed by atoms with E-state index in [9.17, 15) is 0 Å². The van der Waals surface area contributed by atoms with Crippen molar-refractivity contribution >= 4 is 92.5 Å². The zero-order valence-electron chi connectivity index (χ0n) is 26.3. The maximum atomic E-state index is 5.32. The van der Waals surface area contributed by atoms with Crippen LogP contribution in [0.3, 0.4) is 0 Å². The second-order valence-electron chi connectivity index (χ2n) is 13.2. The van der Waals surface area contributed by atoms with Gasteiger partial charge in [-0.05, 0) is 65.4 Å². The predicted octanol–water partition coefficient (Wildman–Crippen LogP) is 11.6. The number of rotatable bonds is 2. The van der Waals surface area contributed by atoms with Crippen LogP contribution in [-0.2, 0) is 0 Å². The van der Waals surface area contributed by atoms with Crippen LogP contribution in [0.4, 0.5) is 0 Å². The minimum atomic E-state index is 0.918. The van der Waals surface area contributed by atoms with Crippen molar-refractivity contribution in [2.75, 3.05) is 0 Å². The molecule has 0 aliphatic carbocycles. The van der Waals surface area contributed by atoms with Crippen LogP contribution in [0, 0.1) is 0 Å². The highest BCUT2D eigenvalue weighted by Crippen LogP contribution is 2.47. The number of nitrogens with zero attached hydrogens (tertiary/aromatic N) is 4. The lowest BCUT2D eigenvalue weighted by atomic mass is 10.0. The third-order valence-electron chi connectivity index (χ3n) is 10.8. The molecule has 0 atom stereocenters. The largest absolute Gasteiger partial charge is 0.308 e. The van der Waals surface area contributed by atoms with Crippen molar-refractivity contribution in [2.45, 2.75) is 0 Å². The summed E-state index contributed by atoms with van der Waals surface area (Å²) < 4.78 is 7.24. The number of benzene rings is 7. The summed E-state index contributed by atoms with van der Waals surface area (Å²) in [6.07, 6.45) is 2.07. The number of pyridine rings is 1. The molecule has 5 aromatic heterocycles. The number of aromatic nitrogens is 4. The van der Waals surface area contributed by atoms with Gasteiger partial charge in [-0.1, -0.05) is 97.1 Å². The summed E-state index contributed by atoms with van der Waals surface area (Å²) >= 11 is 0. The van der Waals surface area contributed by atoms with Gasteiger partial charge in [-0.3, -0.25) is 4.57 Å². The summed E-state index contributed by atoms with van der Waals surface area (Å²) in [5.74, 6) is 0.918. The summed E-state index contributed by atoms with van der Waals surface area (Å²) in [6, 6.07) is 55.2. The molecule has 7 aromatic carbocycles. The van der Waals surface area contributed by atoms with E-state index in [2.05, 4.69) is 171 Å². The summed E-state index contributed by atoms with van der Waals surface area (Å²) in [5.41, 5.74) is 9.51. The van der Waals surface area contributed by atoms with E-state index >= 15 is 0 Å². The van der Waals surface area contributed by atoms with E-state index in [-0.39, 0.29) is 0 Å². The number of fused-ring (bicyclic) bond motifs is 14. The fourth-order valence-electron chi connectivity index (χ4n) is 8.76. The van der Waals surface area contributed by atoms with Crippen LogP contribution in [0.5, 0.6) is 0 Å². The maximum Gasteiger partial charge on any atom is 0.138 e. The molecule has 0 saturated heterocycles. The molecule has 4 heteroatoms. The van der Waals surface area contributed by atoms with Crippen molar-refractivity contribution in [1.29, 1.82) is 0 Å². The van der Waals surface area contributed by atoms with E-state index < -0.39 is 0 Å². The predicted molar refractivity (Wildman–Crippen MR) is 205 cm³/mol. The van der Waals surface area contributed by atoms with Gasteiger partial charge < -0.3 is 8.97 Å². The Balaban J connectivity index is 1.31. The smallest absolute Gasteiger partial charge is 0.138 e. The second kappa shape index (κ2) is 9.03. The first-order valence-electron chi connectivity index (χ1n) is 16.8. The van der Waals surface area contributed by atoms with Gasteiger partial charge in [-0.25, -0.2) is 4.98 Å².